The van der Waals surface area contributed by atoms with Crippen LogP contribution in [0.1, 0.15) is 32.1 Å². The van der Waals surface area contributed by atoms with Gasteiger partial charge in [0.2, 0.25) is 5.91 Å². The highest BCUT2D eigenvalue weighted by Gasteiger charge is 2.24. The highest BCUT2D eigenvalue weighted by atomic mass is 16.3. The van der Waals surface area contributed by atoms with Crippen molar-refractivity contribution in [1.82, 2.24) is 5.32 Å². The van der Waals surface area contributed by atoms with E-state index in [1.54, 1.807) is 0 Å². The maximum atomic E-state index is 12.3. The van der Waals surface area contributed by atoms with Gasteiger partial charge in [0.25, 0.3) is 0 Å². The fourth-order valence-corrected chi connectivity index (χ4v) is 2.48. The fraction of sp³-hybridized carbons (Fsp3) is 0.471. The van der Waals surface area contributed by atoms with E-state index in [-0.39, 0.29) is 17.4 Å². The number of furan rings is 1. The summed E-state index contributed by atoms with van der Waals surface area (Å²) in [5.74, 6) is 0.608. The molecule has 0 saturated carbocycles. The molecule has 0 aliphatic heterocycles. The number of fused-ring (bicyclic) bond motifs is 1. The molecule has 4 nitrogen and oxygen atoms in total. The standard InChI is InChI=1S/C17H24N2O2/c1-11-14(13-7-5-6-8-15(13)21-11)9-12(10-18)16(20)19-17(2,3)4/h5-8,12H,9-10,18H2,1-4H3,(H,19,20). The summed E-state index contributed by atoms with van der Waals surface area (Å²) in [6, 6.07) is 7.89. The third-order valence-corrected chi connectivity index (χ3v) is 3.50. The van der Waals surface area contributed by atoms with E-state index in [9.17, 15) is 4.79 Å². The van der Waals surface area contributed by atoms with Crippen LogP contribution in [0.4, 0.5) is 0 Å². The van der Waals surface area contributed by atoms with Gasteiger partial charge in [-0.05, 0) is 40.2 Å². The minimum Gasteiger partial charge on any atom is -0.461 e. The van der Waals surface area contributed by atoms with Gasteiger partial charge in [-0.2, -0.15) is 0 Å². The zero-order valence-electron chi connectivity index (χ0n) is 13.2. The molecule has 21 heavy (non-hydrogen) atoms. The maximum absolute atomic E-state index is 12.3. The van der Waals surface area contributed by atoms with Crippen LogP contribution in [-0.2, 0) is 11.2 Å². The van der Waals surface area contributed by atoms with E-state index >= 15 is 0 Å². The maximum Gasteiger partial charge on any atom is 0.225 e. The number of carbonyl (C=O) groups excluding carboxylic acids is 1. The van der Waals surface area contributed by atoms with Crippen LogP contribution in [0.25, 0.3) is 11.0 Å². The Morgan fingerprint density at radius 2 is 2.00 bits per heavy atom. The lowest BCUT2D eigenvalue weighted by Gasteiger charge is -2.24. The molecule has 4 heteroatoms. The molecule has 1 heterocycles. The minimum atomic E-state index is -0.252. The molecule has 3 N–H and O–H groups in total. The molecule has 0 aliphatic rings. The number of hydrogen-bond acceptors (Lipinski definition) is 3. The summed E-state index contributed by atoms with van der Waals surface area (Å²) in [6.45, 7) is 8.16. The van der Waals surface area contributed by atoms with Crippen molar-refractivity contribution in [1.29, 1.82) is 0 Å². The average molecular weight is 288 g/mol. The van der Waals surface area contributed by atoms with Crippen LogP contribution in [0.3, 0.4) is 0 Å². The lowest BCUT2D eigenvalue weighted by atomic mass is 9.95. The normalized spacial score (nSPS) is 13.4. The fourth-order valence-electron chi connectivity index (χ4n) is 2.48. The van der Waals surface area contributed by atoms with Crippen LogP contribution in [-0.4, -0.2) is 18.0 Å². The van der Waals surface area contributed by atoms with E-state index in [0.29, 0.717) is 13.0 Å². The molecule has 1 aromatic carbocycles. The number of hydrogen-bond donors (Lipinski definition) is 2. The summed E-state index contributed by atoms with van der Waals surface area (Å²) in [7, 11) is 0. The second-order valence-corrected chi connectivity index (χ2v) is 6.51. The van der Waals surface area contributed by atoms with E-state index in [2.05, 4.69) is 5.32 Å². The molecule has 1 aromatic heterocycles. The lowest BCUT2D eigenvalue weighted by Crippen LogP contribution is -2.46. The van der Waals surface area contributed by atoms with Crippen LogP contribution >= 0.6 is 0 Å². The van der Waals surface area contributed by atoms with Gasteiger partial charge in [0, 0.05) is 23.0 Å². The number of nitrogens with one attached hydrogen (secondary N) is 1. The van der Waals surface area contributed by atoms with E-state index in [1.807, 2.05) is 52.0 Å². The Kier molecular flexibility index (Phi) is 4.37. The summed E-state index contributed by atoms with van der Waals surface area (Å²) >= 11 is 0. The van der Waals surface area contributed by atoms with Crippen molar-refractivity contribution in [2.24, 2.45) is 11.7 Å². The highest BCUT2D eigenvalue weighted by Crippen LogP contribution is 2.27. The van der Waals surface area contributed by atoms with Gasteiger partial charge in [0.05, 0.1) is 5.92 Å². The average Bonchev–Trinajstić information content (AvgIpc) is 2.69. The molecule has 2 aromatic rings. The summed E-state index contributed by atoms with van der Waals surface area (Å²) in [4.78, 5) is 12.3. The largest absolute Gasteiger partial charge is 0.461 e. The number of aryl methyl sites for hydroxylation is 1. The molecule has 1 unspecified atom stereocenters. The second kappa shape index (κ2) is 5.90. The zero-order valence-corrected chi connectivity index (χ0v) is 13.2. The molecular weight excluding hydrogens is 264 g/mol. The molecule has 1 amide bonds. The van der Waals surface area contributed by atoms with Gasteiger partial charge >= 0.3 is 0 Å². The smallest absolute Gasteiger partial charge is 0.225 e. The SMILES string of the molecule is Cc1oc2ccccc2c1CC(CN)C(=O)NC(C)(C)C. The van der Waals surface area contributed by atoms with Crippen molar-refractivity contribution < 1.29 is 9.21 Å². The van der Waals surface area contributed by atoms with Crippen LogP contribution < -0.4 is 11.1 Å². The molecule has 0 bridgehead atoms. The Balaban J connectivity index is 2.25. The van der Waals surface area contributed by atoms with Crippen LogP contribution in [0.15, 0.2) is 28.7 Å². The van der Waals surface area contributed by atoms with Gasteiger partial charge in [-0.1, -0.05) is 18.2 Å². The molecular formula is C17H24N2O2. The number of para-hydroxylation sites is 1. The van der Waals surface area contributed by atoms with Gasteiger partial charge in [-0.15, -0.1) is 0 Å². The van der Waals surface area contributed by atoms with Gasteiger partial charge in [-0.3, -0.25) is 4.79 Å². The number of rotatable bonds is 4. The third kappa shape index (κ3) is 3.64. The molecule has 0 radical (unpaired) electrons. The van der Waals surface area contributed by atoms with Crippen molar-refractivity contribution in [3.63, 3.8) is 0 Å². The topological polar surface area (TPSA) is 68.3 Å². The summed E-state index contributed by atoms with van der Waals surface area (Å²) in [6.07, 6.45) is 0.598. The summed E-state index contributed by atoms with van der Waals surface area (Å²) in [5.41, 5.74) is 7.49. The monoisotopic (exact) mass is 288 g/mol. The van der Waals surface area contributed by atoms with Crippen molar-refractivity contribution in [2.45, 2.75) is 39.7 Å². The number of carbonyl (C=O) groups is 1. The first kappa shape index (κ1) is 15.6. The predicted octanol–water partition coefficient (Wildman–Crippen LogP) is 2.77. The van der Waals surface area contributed by atoms with Gasteiger partial charge in [0.1, 0.15) is 11.3 Å². The van der Waals surface area contributed by atoms with Crippen molar-refractivity contribution in [2.75, 3.05) is 6.54 Å². The van der Waals surface area contributed by atoms with Gasteiger partial charge in [-0.25, -0.2) is 0 Å². The van der Waals surface area contributed by atoms with Crippen molar-refractivity contribution >= 4 is 16.9 Å². The Labute approximate surface area is 125 Å². The van der Waals surface area contributed by atoms with Crippen LogP contribution in [0, 0.1) is 12.8 Å². The van der Waals surface area contributed by atoms with Crippen LogP contribution in [0.2, 0.25) is 0 Å². The summed E-state index contributed by atoms with van der Waals surface area (Å²) in [5, 5.41) is 4.07. The third-order valence-electron chi connectivity index (χ3n) is 3.50. The Hall–Kier alpha value is -1.81. The molecule has 2 rings (SSSR count). The van der Waals surface area contributed by atoms with Gasteiger partial charge in [0.15, 0.2) is 0 Å². The van der Waals surface area contributed by atoms with E-state index in [0.717, 1.165) is 22.3 Å². The first-order valence-corrected chi connectivity index (χ1v) is 7.31. The Morgan fingerprint density at radius 3 is 2.62 bits per heavy atom. The minimum absolute atomic E-state index is 0.00492. The van der Waals surface area contributed by atoms with E-state index < -0.39 is 0 Å². The van der Waals surface area contributed by atoms with Crippen molar-refractivity contribution in [3.8, 4) is 0 Å². The number of benzene rings is 1. The first-order valence-electron chi connectivity index (χ1n) is 7.31. The lowest BCUT2D eigenvalue weighted by molar-refractivity contribution is -0.126. The van der Waals surface area contributed by atoms with Crippen LogP contribution in [0.5, 0.6) is 0 Å². The Bertz CT molecular complexity index is 638. The number of amides is 1. The molecule has 0 saturated heterocycles. The number of nitrogens with two attached hydrogens (primary N) is 1. The van der Waals surface area contributed by atoms with Gasteiger partial charge < -0.3 is 15.5 Å². The van der Waals surface area contributed by atoms with E-state index in [4.69, 9.17) is 10.2 Å². The predicted molar refractivity (Wildman–Crippen MR) is 85.1 cm³/mol. The molecule has 0 aliphatic carbocycles. The Morgan fingerprint density at radius 1 is 1.33 bits per heavy atom. The zero-order chi connectivity index (χ0) is 15.6. The highest BCUT2D eigenvalue weighted by molar-refractivity contribution is 5.84. The molecule has 0 fully saturated rings. The van der Waals surface area contributed by atoms with Crippen molar-refractivity contribution in [3.05, 3.63) is 35.6 Å². The molecule has 0 spiro atoms. The quantitative estimate of drug-likeness (QED) is 0.909. The summed E-state index contributed by atoms with van der Waals surface area (Å²) < 4.78 is 5.75. The second-order valence-electron chi connectivity index (χ2n) is 6.51. The first-order chi connectivity index (χ1) is 9.81. The molecule has 114 valence electrons. The van der Waals surface area contributed by atoms with E-state index in [1.165, 1.54) is 0 Å². The molecule has 1 atom stereocenters.